The van der Waals surface area contributed by atoms with Crippen LogP contribution in [0.2, 0.25) is 0 Å². The summed E-state index contributed by atoms with van der Waals surface area (Å²) < 4.78 is 32.6. The number of aliphatic hydroxyl groups is 1. The second-order valence-corrected chi connectivity index (χ2v) is 9.70. The highest BCUT2D eigenvalue weighted by Gasteiger charge is 2.36. The minimum absolute atomic E-state index is 0.0154. The zero-order valence-electron chi connectivity index (χ0n) is 19.4. The van der Waals surface area contributed by atoms with Gasteiger partial charge in [-0.15, -0.1) is 5.10 Å². The van der Waals surface area contributed by atoms with Crippen molar-refractivity contribution in [1.82, 2.24) is 34.7 Å². The van der Waals surface area contributed by atoms with Gasteiger partial charge in [0.2, 0.25) is 0 Å². The molecule has 35 heavy (non-hydrogen) atoms. The van der Waals surface area contributed by atoms with Gasteiger partial charge in [0.05, 0.1) is 25.0 Å². The van der Waals surface area contributed by atoms with Gasteiger partial charge in [-0.3, -0.25) is 4.90 Å². The van der Waals surface area contributed by atoms with Crippen LogP contribution in [-0.4, -0.2) is 52.4 Å². The Morgan fingerprint density at radius 2 is 1.97 bits per heavy atom. The predicted octanol–water partition coefficient (Wildman–Crippen LogP) is 3.76. The molecule has 4 rings (SSSR count). The maximum Gasteiger partial charge on any atom is 0.137 e. The van der Waals surface area contributed by atoms with Crippen molar-refractivity contribution in [3.63, 3.8) is 0 Å². The molecule has 1 atom stereocenters. The third kappa shape index (κ3) is 6.36. The van der Waals surface area contributed by atoms with E-state index >= 15 is 0 Å². The van der Waals surface area contributed by atoms with E-state index in [1.165, 1.54) is 23.4 Å². The maximum atomic E-state index is 14.8. The predicted molar refractivity (Wildman–Crippen MR) is 129 cm³/mol. The maximum absolute atomic E-state index is 14.8. The molecule has 1 N–H and O–H groups in total. The third-order valence-corrected chi connectivity index (χ3v) is 6.20. The largest absolute Gasteiger partial charge is 0.382 e. The number of nitrogens with zero attached hydrogens (tertiary/aromatic N) is 7. The summed E-state index contributed by atoms with van der Waals surface area (Å²) in [5, 5.41) is 24.3. The van der Waals surface area contributed by atoms with E-state index in [0.717, 1.165) is 22.2 Å². The average Bonchev–Trinajstić information content (AvgIpc) is 3.45. The molecule has 2 heterocycles. The number of aromatic nitrogens is 6. The fourth-order valence-corrected chi connectivity index (χ4v) is 4.39. The summed E-state index contributed by atoms with van der Waals surface area (Å²) in [5.41, 5.74) is 0.0579. The Kier molecular flexibility index (Phi) is 7.68. The normalized spacial score (nSPS) is 13.5. The van der Waals surface area contributed by atoms with Gasteiger partial charge < -0.3 is 5.11 Å². The van der Waals surface area contributed by atoms with Crippen molar-refractivity contribution in [3.8, 4) is 0 Å². The van der Waals surface area contributed by atoms with Crippen molar-refractivity contribution in [3.05, 3.63) is 94.2 Å². The number of halogens is 3. The monoisotopic (exact) mass is 545 g/mol. The van der Waals surface area contributed by atoms with Gasteiger partial charge >= 0.3 is 0 Å². The average molecular weight is 546 g/mol. The Morgan fingerprint density at radius 3 is 2.66 bits per heavy atom. The Morgan fingerprint density at radius 1 is 1.14 bits per heavy atom. The summed E-state index contributed by atoms with van der Waals surface area (Å²) in [6, 6.07) is 11.1. The Balaban J connectivity index is 1.56. The molecule has 2 aromatic heterocycles. The zero-order valence-corrected chi connectivity index (χ0v) is 21.0. The van der Waals surface area contributed by atoms with Crippen LogP contribution in [0.25, 0.3) is 0 Å². The SMILES string of the molecule is CC(C)N(Cc1cn(Cc2cccc(Br)c2)nn1)CC(O)(Cn1cncn1)c1ccc(F)cc1F. The molecule has 0 amide bonds. The van der Waals surface area contributed by atoms with E-state index in [2.05, 4.69) is 36.3 Å². The van der Waals surface area contributed by atoms with Gasteiger partial charge in [0.25, 0.3) is 0 Å². The first-order valence-corrected chi connectivity index (χ1v) is 11.9. The lowest BCUT2D eigenvalue weighted by Gasteiger charge is -2.36. The minimum Gasteiger partial charge on any atom is -0.382 e. The Bertz CT molecular complexity index is 1260. The summed E-state index contributed by atoms with van der Waals surface area (Å²) in [4.78, 5) is 5.88. The van der Waals surface area contributed by atoms with Crippen LogP contribution in [0.5, 0.6) is 0 Å². The van der Waals surface area contributed by atoms with Crippen LogP contribution in [0.15, 0.2) is 65.8 Å². The third-order valence-electron chi connectivity index (χ3n) is 5.70. The van der Waals surface area contributed by atoms with Gasteiger partial charge in [0, 0.05) is 35.2 Å². The van der Waals surface area contributed by atoms with Crippen LogP contribution in [0.3, 0.4) is 0 Å². The molecule has 1 unspecified atom stereocenters. The second-order valence-electron chi connectivity index (χ2n) is 8.78. The molecule has 0 spiro atoms. The smallest absolute Gasteiger partial charge is 0.137 e. The molecule has 184 valence electrons. The lowest BCUT2D eigenvalue weighted by Crippen LogP contribution is -2.46. The van der Waals surface area contributed by atoms with Crippen molar-refractivity contribution < 1.29 is 13.9 Å². The Hall–Kier alpha value is -3.02. The zero-order chi connectivity index (χ0) is 25.0. The summed E-state index contributed by atoms with van der Waals surface area (Å²) in [6.07, 6.45) is 4.64. The highest BCUT2D eigenvalue weighted by Crippen LogP contribution is 2.29. The molecule has 0 aliphatic heterocycles. The second kappa shape index (κ2) is 10.7. The number of hydrogen-bond acceptors (Lipinski definition) is 6. The van der Waals surface area contributed by atoms with Crippen LogP contribution in [-0.2, 0) is 25.2 Å². The van der Waals surface area contributed by atoms with Crippen LogP contribution >= 0.6 is 15.9 Å². The summed E-state index contributed by atoms with van der Waals surface area (Å²) in [5.74, 6) is -1.53. The number of benzene rings is 2. The Labute approximate surface area is 210 Å². The molecule has 0 saturated carbocycles. The number of hydrogen-bond donors (Lipinski definition) is 1. The van der Waals surface area contributed by atoms with Crippen LogP contribution in [0.4, 0.5) is 8.78 Å². The van der Waals surface area contributed by atoms with E-state index in [9.17, 15) is 13.9 Å². The van der Waals surface area contributed by atoms with Crippen molar-refractivity contribution in [1.29, 1.82) is 0 Å². The van der Waals surface area contributed by atoms with Crippen molar-refractivity contribution in [2.24, 2.45) is 0 Å². The molecule has 0 aliphatic carbocycles. The summed E-state index contributed by atoms with van der Waals surface area (Å²) in [6.45, 7) is 4.87. The first-order chi connectivity index (χ1) is 16.7. The van der Waals surface area contributed by atoms with E-state index in [1.54, 1.807) is 4.68 Å². The van der Waals surface area contributed by atoms with Gasteiger partial charge in [0.15, 0.2) is 0 Å². The molecular formula is C24H26BrF2N7O. The molecule has 11 heteroatoms. The van der Waals surface area contributed by atoms with Gasteiger partial charge in [-0.1, -0.05) is 39.3 Å². The van der Waals surface area contributed by atoms with Gasteiger partial charge in [0.1, 0.15) is 29.9 Å². The highest BCUT2D eigenvalue weighted by molar-refractivity contribution is 9.10. The molecule has 0 saturated heterocycles. The van der Waals surface area contributed by atoms with Gasteiger partial charge in [-0.25, -0.2) is 23.1 Å². The lowest BCUT2D eigenvalue weighted by atomic mass is 9.91. The number of rotatable bonds is 10. The first-order valence-electron chi connectivity index (χ1n) is 11.1. The minimum atomic E-state index is -1.71. The van der Waals surface area contributed by atoms with Crippen molar-refractivity contribution >= 4 is 15.9 Å². The van der Waals surface area contributed by atoms with E-state index in [4.69, 9.17) is 0 Å². The molecule has 0 aliphatic rings. The molecule has 2 aromatic carbocycles. The van der Waals surface area contributed by atoms with E-state index in [1.807, 2.05) is 49.2 Å². The summed E-state index contributed by atoms with van der Waals surface area (Å²) in [7, 11) is 0. The highest BCUT2D eigenvalue weighted by atomic mass is 79.9. The molecule has 0 fully saturated rings. The first kappa shape index (κ1) is 25.1. The van der Waals surface area contributed by atoms with Crippen LogP contribution in [0, 0.1) is 11.6 Å². The van der Waals surface area contributed by atoms with Crippen LogP contribution in [0.1, 0.15) is 30.7 Å². The standard InChI is InChI=1S/C24H26BrF2N7O/c1-17(2)32(11-21-12-33(31-30-21)10-18-4-3-5-19(25)8-18)13-24(35,14-34-16-28-15-29-34)22-7-6-20(26)9-23(22)27/h3-9,12,15-17,35H,10-11,13-14H2,1-2H3. The molecule has 4 aromatic rings. The van der Waals surface area contributed by atoms with E-state index in [0.29, 0.717) is 18.8 Å². The van der Waals surface area contributed by atoms with Crippen molar-refractivity contribution in [2.45, 2.75) is 45.1 Å². The van der Waals surface area contributed by atoms with Gasteiger partial charge in [-0.2, -0.15) is 5.10 Å². The summed E-state index contributed by atoms with van der Waals surface area (Å²) >= 11 is 3.47. The van der Waals surface area contributed by atoms with Crippen LogP contribution < -0.4 is 0 Å². The molecular weight excluding hydrogens is 520 g/mol. The lowest BCUT2D eigenvalue weighted by molar-refractivity contribution is -0.0315. The fourth-order valence-electron chi connectivity index (χ4n) is 3.95. The van der Waals surface area contributed by atoms with Crippen molar-refractivity contribution in [2.75, 3.05) is 6.54 Å². The van der Waals surface area contributed by atoms with Gasteiger partial charge in [-0.05, 0) is 37.6 Å². The van der Waals surface area contributed by atoms with E-state index < -0.39 is 17.2 Å². The molecule has 8 nitrogen and oxygen atoms in total. The van der Waals surface area contributed by atoms with E-state index in [-0.39, 0.29) is 24.7 Å². The molecule has 0 radical (unpaired) electrons. The topological polar surface area (TPSA) is 84.9 Å². The quantitative estimate of drug-likeness (QED) is 0.326. The molecule has 0 bridgehead atoms. The fraction of sp³-hybridized carbons (Fsp3) is 0.333.